The smallest absolute Gasteiger partial charge is 0.344 e. The zero-order valence-electron chi connectivity index (χ0n) is 19.7. The van der Waals surface area contributed by atoms with Gasteiger partial charge in [0.2, 0.25) is 0 Å². The summed E-state index contributed by atoms with van der Waals surface area (Å²) in [6, 6.07) is 0. The summed E-state index contributed by atoms with van der Waals surface area (Å²) in [4.78, 5) is 24.7. The van der Waals surface area contributed by atoms with Gasteiger partial charge in [0, 0.05) is 5.41 Å². The lowest BCUT2D eigenvalue weighted by Gasteiger charge is -2.54. The highest BCUT2D eigenvalue weighted by molar-refractivity contribution is 5.77. The fourth-order valence-corrected chi connectivity index (χ4v) is 6.96. The van der Waals surface area contributed by atoms with Gasteiger partial charge in [-0.15, -0.1) is 0 Å². The lowest BCUT2D eigenvalue weighted by Crippen LogP contribution is -2.53. The molecule has 0 saturated heterocycles. The molecule has 0 amide bonds. The van der Waals surface area contributed by atoms with Crippen molar-refractivity contribution >= 4 is 11.9 Å². The van der Waals surface area contributed by atoms with Crippen LogP contribution in [0.1, 0.15) is 99.8 Å². The summed E-state index contributed by atoms with van der Waals surface area (Å²) in [5.41, 5.74) is -0.337. The fraction of sp³-hybridized carbons (Fsp3) is 0.920. The first-order valence-corrected chi connectivity index (χ1v) is 11.6. The number of hydrogen-bond donors (Lipinski definition) is 0. The van der Waals surface area contributed by atoms with Crippen molar-refractivity contribution in [3.8, 4) is 0 Å². The highest BCUT2D eigenvalue weighted by Gasteiger charge is 2.61. The van der Waals surface area contributed by atoms with Crippen molar-refractivity contribution in [3.63, 3.8) is 0 Å². The van der Waals surface area contributed by atoms with E-state index in [0.717, 1.165) is 30.6 Å². The molecule has 3 unspecified atom stereocenters. The predicted octanol–water partition coefficient (Wildman–Crippen LogP) is 5.92. The van der Waals surface area contributed by atoms with E-state index in [9.17, 15) is 9.59 Å². The minimum atomic E-state index is -0.506. The van der Waals surface area contributed by atoms with Crippen LogP contribution >= 0.6 is 0 Å². The molecule has 0 aromatic carbocycles. The van der Waals surface area contributed by atoms with Crippen LogP contribution in [-0.2, 0) is 19.1 Å². The molecular formula is C25H42O4. The van der Waals surface area contributed by atoms with E-state index in [4.69, 9.17) is 9.47 Å². The molecule has 166 valence electrons. The Labute approximate surface area is 177 Å². The van der Waals surface area contributed by atoms with Gasteiger partial charge in [0.1, 0.15) is 5.60 Å². The highest BCUT2D eigenvalue weighted by Crippen LogP contribution is 2.66. The summed E-state index contributed by atoms with van der Waals surface area (Å²) >= 11 is 0. The largest absolute Gasteiger partial charge is 0.456 e. The number of esters is 2. The van der Waals surface area contributed by atoms with Crippen LogP contribution in [0.3, 0.4) is 0 Å². The van der Waals surface area contributed by atoms with Crippen molar-refractivity contribution in [1.29, 1.82) is 0 Å². The Morgan fingerprint density at radius 1 is 0.966 bits per heavy atom. The second-order valence-corrected chi connectivity index (χ2v) is 12.4. The average molecular weight is 407 g/mol. The monoisotopic (exact) mass is 406 g/mol. The first kappa shape index (κ1) is 22.6. The van der Waals surface area contributed by atoms with Crippen LogP contribution in [0.5, 0.6) is 0 Å². The number of carbonyl (C=O) groups excluding carboxylic acids is 2. The second kappa shape index (κ2) is 7.57. The van der Waals surface area contributed by atoms with Crippen LogP contribution in [0.2, 0.25) is 0 Å². The predicted molar refractivity (Wildman–Crippen MR) is 114 cm³/mol. The van der Waals surface area contributed by atoms with Crippen molar-refractivity contribution < 1.29 is 19.1 Å². The molecule has 4 aliphatic rings. The Morgan fingerprint density at radius 3 is 2.07 bits per heavy atom. The van der Waals surface area contributed by atoms with Crippen molar-refractivity contribution in [2.45, 2.75) is 105 Å². The molecule has 0 spiro atoms. The normalized spacial score (nSPS) is 34.9. The highest BCUT2D eigenvalue weighted by atomic mass is 16.6. The molecule has 4 fully saturated rings. The van der Waals surface area contributed by atoms with Gasteiger partial charge in [-0.3, -0.25) is 4.79 Å². The van der Waals surface area contributed by atoms with Crippen LogP contribution in [0.4, 0.5) is 0 Å². The molecule has 3 atom stereocenters. The van der Waals surface area contributed by atoms with Gasteiger partial charge in [0.25, 0.3) is 0 Å². The molecule has 4 heteroatoms. The third-order valence-electron chi connectivity index (χ3n) is 8.32. The summed E-state index contributed by atoms with van der Waals surface area (Å²) in [5, 5.41) is 0. The zero-order chi connectivity index (χ0) is 21.7. The molecule has 4 nitrogen and oxygen atoms in total. The van der Waals surface area contributed by atoms with Gasteiger partial charge in [0.15, 0.2) is 6.61 Å². The Morgan fingerprint density at radius 2 is 1.55 bits per heavy atom. The summed E-state index contributed by atoms with van der Waals surface area (Å²) in [6.45, 7) is 14.8. The fourth-order valence-electron chi connectivity index (χ4n) is 6.96. The maximum Gasteiger partial charge on any atom is 0.344 e. The topological polar surface area (TPSA) is 52.6 Å². The average Bonchev–Trinajstić information content (AvgIpc) is 2.69. The maximum atomic E-state index is 12.7. The van der Waals surface area contributed by atoms with E-state index in [2.05, 4.69) is 27.7 Å². The first-order chi connectivity index (χ1) is 13.3. The SMILES string of the molecule is CCC(C)(OC(=O)COC(=O)CC(C)(C)C)C12CC3CC(CC(C3)C(C)(C)C1)C2. The minimum absolute atomic E-state index is 0.0369. The summed E-state index contributed by atoms with van der Waals surface area (Å²) in [6.07, 6.45) is 8.59. The Kier molecular flexibility index (Phi) is 5.90. The van der Waals surface area contributed by atoms with Crippen LogP contribution in [0.15, 0.2) is 0 Å². The molecule has 29 heavy (non-hydrogen) atoms. The second-order valence-electron chi connectivity index (χ2n) is 12.4. The molecule has 0 aliphatic heterocycles. The molecule has 0 aromatic heterocycles. The van der Waals surface area contributed by atoms with Gasteiger partial charge in [-0.1, -0.05) is 41.5 Å². The lowest BCUT2D eigenvalue weighted by molar-refractivity contribution is -0.192. The Bertz CT molecular complexity index is 630. The van der Waals surface area contributed by atoms with E-state index in [1.807, 2.05) is 20.8 Å². The van der Waals surface area contributed by atoms with Gasteiger partial charge in [-0.2, -0.15) is 0 Å². The van der Waals surface area contributed by atoms with E-state index in [1.54, 1.807) is 0 Å². The minimum Gasteiger partial charge on any atom is -0.456 e. The Balaban J connectivity index is 1.73. The van der Waals surface area contributed by atoms with Crippen molar-refractivity contribution in [2.24, 2.45) is 34.0 Å². The summed E-state index contributed by atoms with van der Waals surface area (Å²) in [7, 11) is 0. The van der Waals surface area contributed by atoms with Gasteiger partial charge in [0.05, 0.1) is 6.42 Å². The summed E-state index contributed by atoms with van der Waals surface area (Å²) in [5.74, 6) is 1.60. The van der Waals surface area contributed by atoms with E-state index >= 15 is 0 Å². The quantitative estimate of drug-likeness (QED) is 0.514. The van der Waals surface area contributed by atoms with Crippen LogP contribution in [-0.4, -0.2) is 24.1 Å². The molecule has 0 N–H and O–H groups in total. The van der Waals surface area contributed by atoms with Crippen LogP contribution < -0.4 is 0 Å². The molecule has 0 heterocycles. The summed E-state index contributed by atoms with van der Waals surface area (Å²) < 4.78 is 11.4. The van der Waals surface area contributed by atoms with Gasteiger partial charge < -0.3 is 9.47 Å². The van der Waals surface area contributed by atoms with E-state index in [-0.39, 0.29) is 28.8 Å². The zero-order valence-corrected chi connectivity index (χ0v) is 19.7. The number of hydrogen-bond acceptors (Lipinski definition) is 4. The molecule has 4 bridgehead atoms. The molecule has 4 aliphatic carbocycles. The number of rotatable bonds is 6. The molecule has 0 radical (unpaired) electrons. The van der Waals surface area contributed by atoms with Gasteiger partial charge in [-0.25, -0.2) is 4.79 Å². The number of fused-ring (bicyclic) bond motifs is 1. The molecular weight excluding hydrogens is 364 g/mol. The van der Waals surface area contributed by atoms with Crippen LogP contribution in [0, 0.1) is 34.0 Å². The third kappa shape index (κ3) is 4.66. The van der Waals surface area contributed by atoms with Gasteiger partial charge in [-0.05, 0) is 80.5 Å². The molecule has 4 saturated carbocycles. The number of carbonyl (C=O) groups is 2. The van der Waals surface area contributed by atoms with Gasteiger partial charge >= 0.3 is 11.9 Å². The third-order valence-corrected chi connectivity index (χ3v) is 8.32. The molecule has 4 rings (SSSR count). The maximum absolute atomic E-state index is 12.7. The van der Waals surface area contributed by atoms with Crippen LogP contribution in [0.25, 0.3) is 0 Å². The van der Waals surface area contributed by atoms with E-state index in [0.29, 0.717) is 6.42 Å². The van der Waals surface area contributed by atoms with Crippen molar-refractivity contribution in [1.82, 2.24) is 0 Å². The molecule has 0 aromatic rings. The van der Waals surface area contributed by atoms with Crippen molar-refractivity contribution in [2.75, 3.05) is 6.61 Å². The number of ether oxygens (including phenoxy) is 2. The standard InChI is InChI=1S/C25H42O4/c1-8-24(7,29-21(27)15-28-20(26)14-22(2,3)4)25-12-17-9-18(13-25)11-19(10-17)23(5,6)16-25/h17-19H,8-16H2,1-7H3. The Hall–Kier alpha value is -1.06. The van der Waals surface area contributed by atoms with E-state index < -0.39 is 11.6 Å². The first-order valence-electron chi connectivity index (χ1n) is 11.6. The van der Waals surface area contributed by atoms with Crippen molar-refractivity contribution in [3.05, 3.63) is 0 Å². The van der Waals surface area contributed by atoms with E-state index in [1.165, 1.54) is 32.1 Å². The lowest BCUT2D eigenvalue weighted by atomic mass is 9.55.